The van der Waals surface area contributed by atoms with Gasteiger partial charge < -0.3 is 10.1 Å². The van der Waals surface area contributed by atoms with Gasteiger partial charge in [0.25, 0.3) is 0 Å². The molecule has 100 valence electrons. The smallest absolute Gasteiger partial charge is 0.122 e. The van der Waals surface area contributed by atoms with E-state index in [0.29, 0.717) is 6.04 Å². The summed E-state index contributed by atoms with van der Waals surface area (Å²) in [6.07, 6.45) is 4.91. The summed E-state index contributed by atoms with van der Waals surface area (Å²) in [5.41, 5.74) is 1.14. The first-order valence-corrected chi connectivity index (χ1v) is 6.75. The molecular weight excluding hydrogens is 246 g/mol. The molecule has 0 heterocycles. The number of hydrogen-bond donors (Lipinski definition) is 1. The predicted molar refractivity (Wildman–Crippen MR) is 78.6 cm³/mol. The molecule has 0 aliphatic rings. The Balaban J connectivity index is 2.77. The van der Waals surface area contributed by atoms with Crippen molar-refractivity contribution in [3.05, 3.63) is 41.4 Å². The highest BCUT2D eigenvalue weighted by Gasteiger charge is 2.11. The van der Waals surface area contributed by atoms with Crippen LogP contribution in [0.2, 0.25) is 5.02 Å². The molecule has 0 aromatic heterocycles. The number of halogens is 1. The third kappa shape index (κ3) is 4.71. The van der Waals surface area contributed by atoms with Crippen LogP contribution in [0.25, 0.3) is 0 Å². The van der Waals surface area contributed by atoms with Gasteiger partial charge in [-0.25, -0.2) is 0 Å². The van der Waals surface area contributed by atoms with Crippen molar-refractivity contribution >= 4 is 11.6 Å². The Bertz CT molecular complexity index is 379. The van der Waals surface area contributed by atoms with Crippen LogP contribution in [0.5, 0.6) is 5.75 Å². The zero-order valence-electron chi connectivity index (χ0n) is 11.2. The Morgan fingerprint density at radius 2 is 2.28 bits per heavy atom. The zero-order chi connectivity index (χ0) is 13.4. The lowest BCUT2D eigenvalue weighted by Gasteiger charge is -2.18. The van der Waals surface area contributed by atoms with Gasteiger partial charge in [-0.2, -0.15) is 0 Å². The number of nitrogens with one attached hydrogen (secondary N) is 1. The van der Waals surface area contributed by atoms with E-state index in [-0.39, 0.29) is 0 Å². The largest absolute Gasteiger partial charge is 0.496 e. The first-order chi connectivity index (χ1) is 8.71. The van der Waals surface area contributed by atoms with Crippen molar-refractivity contribution in [2.24, 2.45) is 0 Å². The minimum Gasteiger partial charge on any atom is -0.496 e. The van der Waals surface area contributed by atoms with Crippen LogP contribution in [0.15, 0.2) is 30.9 Å². The molecule has 2 nitrogen and oxygen atoms in total. The Labute approximate surface area is 115 Å². The molecule has 18 heavy (non-hydrogen) atoms. The van der Waals surface area contributed by atoms with E-state index in [1.165, 1.54) is 0 Å². The Hall–Kier alpha value is -0.990. The van der Waals surface area contributed by atoms with Gasteiger partial charge in [-0.1, -0.05) is 24.6 Å². The number of methoxy groups -OCH3 is 1. The van der Waals surface area contributed by atoms with E-state index in [4.69, 9.17) is 16.3 Å². The summed E-state index contributed by atoms with van der Waals surface area (Å²) in [5.74, 6) is 0.895. The molecule has 0 spiro atoms. The van der Waals surface area contributed by atoms with Crippen LogP contribution in [-0.2, 0) is 6.42 Å². The molecule has 0 aliphatic carbocycles. The standard InChI is InChI=1S/C15H22ClNO/c1-4-6-14(17-9-5-2)11-12-10-13(16)7-8-15(12)18-3/h4,7-8,10,14,17H,1,5-6,9,11H2,2-3H3. The van der Waals surface area contributed by atoms with Gasteiger partial charge in [0.2, 0.25) is 0 Å². The quantitative estimate of drug-likeness (QED) is 0.723. The minimum atomic E-state index is 0.384. The zero-order valence-corrected chi connectivity index (χ0v) is 12.0. The fourth-order valence-corrected chi connectivity index (χ4v) is 2.16. The van der Waals surface area contributed by atoms with E-state index in [2.05, 4.69) is 18.8 Å². The monoisotopic (exact) mass is 267 g/mol. The summed E-state index contributed by atoms with van der Waals surface area (Å²) in [5, 5.41) is 4.27. The molecule has 1 aromatic carbocycles. The maximum Gasteiger partial charge on any atom is 0.122 e. The Kier molecular flexibility index (Phi) is 6.84. The Morgan fingerprint density at radius 1 is 1.50 bits per heavy atom. The van der Waals surface area contributed by atoms with Crippen molar-refractivity contribution in [3.8, 4) is 5.75 Å². The average Bonchev–Trinajstić information content (AvgIpc) is 2.36. The molecule has 1 rings (SSSR count). The van der Waals surface area contributed by atoms with Crippen molar-refractivity contribution in [1.82, 2.24) is 5.32 Å². The van der Waals surface area contributed by atoms with Crippen LogP contribution < -0.4 is 10.1 Å². The lowest BCUT2D eigenvalue weighted by molar-refractivity contribution is 0.404. The maximum absolute atomic E-state index is 6.04. The third-order valence-corrected chi connectivity index (χ3v) is 3.08. The second-order valence-corrected chi connectivity index (χ2v) is 4.77. The first-order valence-electron chi connectivity index (χ1n) is 6.38. The van der Waals surface area contributed by atoms with Gasteiger partial charge in [0, 0.05) is 11.1 Å². The van der Waals surface area contributed by atoms with Crippen LogP contribution in [0.1, 0.15) is 25.3 Å². The van der Waals surface area contributed by atoms with Crippen LogP contribution in [0, 0.1) is 0 Å². The van der Waals surface area contributed by atoms with E-state index in [9.17, 15) is 0 Å². The molecule has 1 N–H and O–H groups in total. The molecule has 0 bridgehead atoms. The fraction of sp³-hybridized carbons (Fsp3) is 0.467. The molecule has 0 amide bonds. The fourth-order valence-electron chi connectivity index (χ4n) is 1.96. The molecule has 1 atom stereocenters. The SMILES string of the molecule is C=CCC(Cc1cc(Cl)ccc1OC)NCCC. The molecule has 1 unspecified atom stereocenters. The highest BCUT2D eigenvalue weighted by molar-refractivity contribution is 6.30. The molecule has 0 radical (unpaired) electrons. The third-order valence-electron chi connectivity index (χ3n) is 2.84. The van der Waals surface area contributed by atoms with Crippen molar-refractivity contribution in [3.63, 3.8) is 0 Å². The summed E-state index contributed by atoms with van der Waals surface area (Å²) >= 11 is 6.04. The van der Waals surface area contributed by atoms with Gasteiger partial charge in [-0.15, -0.1) is 6.58 Å². The molecule has 0 saturated carbocycles. The summed E-state index contributed by atoms with van der Waals surface area (Å²) in [6.45, 7) is 6.99. The van der Waals surface area contributed by atoms with E-state index < -0.39 is 0 Å². The summed E-state index contributed by atoms with van der Waals surface area (Å²) in [6, 6.07) is 6.13. The average molecular weight is 268 g/mol. The summed E-state index contributed by atoms with van der Waals surface area (Å²) < 4.78 is 5.37. The van der Waals surface area contributed by atoms with Crippen LogP contribution in [-0.4, -0.2) is 19.7 Å². The van der Waals surface area contributed by atoms with E-state index in [0.717, 1.165) is 42.1 Å². The summed E-state index contributed by atoms with van der Waals surface area (Å²) in [7, 11) is 1.69. The van der Waals surface area contributed by atoms with Gasteiger partial charge in [-0.05, 0) is 49.6 Å². The lowest BCUT2D eigenvalue weighted by Crippen LogP contribution is -2.31. The van der Waals surface area contributed by atoms with Crippen LogP contribution in [0.3, 0.4) is 0 Å². The second kappa shape index (κ2) is 8.17. The van der Waals surface area contributed by atoms with Crippen LogP contribution >= 0.6 is 11.6 Å². The Morgan fingerprint density at radius 3 is 2.89 bits per heavy atom. The first kappa shape index (κ1) is 15.1. The highest BCUT2D eigenvalue weighted by Crippen LogP contribution is 2.24. The molecule has 3 heteroatoms. The van der Waals surface area contributed by atoms with Gasteiger partial charge in [0.1, 0.15) is 5.75 Å². The number of benzene rings is 1. The van der Waals surface area contributed by atoms with E-state index in [1.54, 1.807) is 7.11 Å². The second-order valence-electron chi connectivity index (χ2n) is 4.34. The van der Waals surface area contributed by atoms with Gasteiger partial charge in [0.05, 0.1) is 7.11 Å². The number of ether oxygens (including phenoxy) is 1. The minimum absolute atomic E-state index is 0.384. The highest BCUT2D eigenvalue weighted by atomic mass is 35.5. The maximum atomic E-state index is 6.04. The topological polar surface area (TPSA) is 21.3 Å². The molecule has 0 saturated heterocycles. The van der Waals surface area contributed by atoms with Crippen molar-refractivity contribution in [2.45, 2.75) is 32.2 Å². The van der Waals surface area contributed by atoms with Gasteiger partial charge >= 0.3 is 0 Å². The van der Waals surface area contributed by atoms with Gasteiger partial charge in [0.15, 0.2) is 0 Å². The van der Waals surface area contributed by atoms with E-state index in [1.807, 2.05) is 24.3 Å². The lowest BCUT2D eigenvalue weighted by atomic mass is 10.0. The van der Waals surface area contributed by atoms with Crippen molar-refractivity contribution < 1.29 is 4.74 Å². The predicted octanol–water partition coefficient (Wildman–Crippen LogP) is 3.84. The van der Waals surface area contributed by atoms with E-state index >= 15 is 0 Å². The number of rotatable bonds is 8. The summed E-state index contributed by atoms with van der Waals surface area (Å²) in [4.78, 5) is 0. The van der Waals surface area contributed by atoms with Crippen LogP contribution in [0.4, 0.5) is 0 Å². The van der Waals surface area contributed by atoms with Gasteiger partial charge in [-0.3, -0.25) is 0 Å². The van der Waals surface area contributed by atoms with Crippen molar-refractivity contribution in [2.75, 3.05) is 13.7 Å². The molecule has 1 aromatic rings. The normalized spacial score (nSPS) is 12.2. The molecule has 0 aliphatic heterocycles. The van der Waals surface area contributed by atoms with Crippen molar-refractivity contribution in [1.29, 1.82) is 0 Å². The molecule has 0 fully saturated rings. The number of hydrogen-bond acceptors (Lipinski definition) is 2. The molecular formula is C15H22ClNO.